The molecule has 1 aromatic heterocycles. The first-order valence-corrected chi connectivity index (χ1v) is 5.97. The Kier molecular flexibility index (Phi) is 3.56. The van der Waals surface area contributed by atoms with Crippen LogP contribution in [0, 0.1) is 0 Å². The van der Waals surface area contributed by atoms with Gasteiger partial charge < -0.3 is 4.90 Å². The number of carbonyl (C=O) groups is 2. The van der Waals surface area contributed by atoms with Crippen LogP contribution in [0.5, 0.6) is 0 Å². The summed E-state index contributed by atoms with van der Waals surface area (Å²) in [5, 5.41) is 6.43. The number of H-pyrrole nitrogens is 1. The number of piperidine rings is 1. The number of nitrogens with one attached hydrogen (secondary N) is 1. The Morgan fingerprint density at radius 3 is 3.00 bits per heavy atom. The minimum atomic E-state index is -0.0234. The number of hydrogen-bond acceptors (Lipinski definition) is 3. The highest BCUT2D eigenvalue weighted by atomic mass is 16.2. The van der Waals surface area contributed by atoms with Crippen LogP contribution in [0.4, 0.5) is 0 Å². The molecule has 92 valence electrons. The predicted octanol–water partition coefficient (Wildman–Crippen LogP) is 1.38. The van der Waals surface area contributed by atoms with Crippen molar-refractivity contribution in [2.45, 2.75) is 38.6 Å². The molecular formula is C12H17N3O2. The summed E-state index contributed by atoms with van der Waals surface area (Å²) in [4.78, 5) is 25.2. The summed E-state index contributed by atoms with van der Waals surface area (Å²) in [7, 11) is 0. The standard InChI is InChI=1S/C12H17N3O2/c1-9(16)6-11-4-2-3-5-15(11)12(17)10-7-13-14-8-10/h7-8,11H,2-6H2,1H3,(H,13,14). The molecule has 5 heteroatoms. The zero-order valence-corrected chi connectivity index (χ0v) is 9.98. The lowest BCUT2D eigenvalue weighted by molar-refractivity contribution is -0.118. The summed E-state index contributed by atoms with van der Waals surface area (Å²) in [6.45, 7) is 2.32. The molecule has 1 aromatic rings. The molecule has 1 N–H and O–H groups in total. The maximum absolute atomic E-state index is 12.2. The maximum atomic E-state index is 12.2. The van der Waals surface area contributed by atoms with Crippen LogP contribution in [0.15, 0.2) is 12.4 Å². The van der Waals surface area contributed by atoms with Gasteiger partial charge in [-0.15, -0.1) is 0 Å². The van der Waals surface area contributed by atoms with E-state index in [2.05, 4.69) is 10.2 Å². The van der Waals surface area contributed by atoms with E-state index >= 15 is 0 Å². The topological polar surface area (TPSA) is 66.1 Å². The molecule has 0 saturated carbocycles. The van der Waals surface area contributed by atoms with E-state index in [9.17, 15) is 9.59 Å². The summed E-state index contributed by atoms with van der Waals surface area (Å²) < 4.78 is 0. The van der Waals surface area contributed by atoms with Crippen LogP contribution in [0.1, 0.15) is 43.0 Å². The summed E-state index contributed by atoms with van der Waals surface area (Å²) in [5.41, 5.74) is 0.570. The van der Waals surface area contributed by atoms with E-state index in [1.165, 1.54) is 6.20 Å². The molecule has 2 heterocycles. The number of hydrogen-bond donors (Lipinski definition) is 1. The molecule has 1 aliphatic heterocycles. The quantitative estimate of drug-likeness (QED) is 0.860. The first-order chi connectivity index (χ1) is 8.18. The molecule has 1 unspecified atom stereocenters. The third kappa shape index (κ3) is 2.72. The molecule has 0 spiro atoms. The third-order valence-electron chi connectivity index (χ3n) is 3.16. The summed E-state index contributed by atoms with van der Waals surface area (Å²) in [5.74, 6) is 0.117. The Bertz CT molecular complexity index is 400. The minimum absolute atomic E-state index is 0.0234. The first kappa shape index (κ1) is 11.8. The number of likely N-dealkylation sites (tertiary alicyclic amines) is 1. The number of carbonyl (C=O) groups excluding carboxylic acids is 2. The number of aromatic nitrogens is 2. The normalized spacial score (nSPS) is 20.3. The molecule has 1 fully saturated rings. The number of ketones is 1. The summed E-state index contributed by atoms with van der Waals surface area (Å²) in [6, 6.07) is 0.0589. The number of aromatic amines is 1. The Morgan fingerprint density at radius 1 is 1.53 bits per heavy atom. The molecule has 1 aliphatic rings. The molecule has 1 amide bonds. The zero-order valence-electron chi connectivity index (χ0n) is 9.98. The number of rotatable bonds is 3. The highest BCUT2D eigenvalue weighted by molar-refractivity contribution is 5.94. The van der Waals surface area contributed by atoms with Crippen molar-refractivity contribution in [1.82, 2.24) is 15.1 Å². The lowest BCUT2D eigenvalue weighted by Gasteiger charge is -2.35. The molecule has 1 saturated heterocycles. The van der Waals surface area contributed by atoms with Gasteiger partial charge in [-0.05, 0) is 26.2 Å². The highest BCUT2D eigenvalue weighted by Crippen LogP contribution is 2.21. The van der Waals surface area contributed by atoms with Gasteiger partial charge in [-0.2, -0.15) is 5.10 Å². The SMILES string of the molecule is CC(=O)CC1CCCCN1C(=O)c1cn[nH]c1. The molecule has 17 heavy (non-hydrogen) atoms. The van der Waals surface area contributed by atoms with Crippen molar-refractivity contribution in [3.05, 3.63) is 18.0 Å². The second-order valence-electron chi connectivity index (χ2n) is 4.54. The Labute approximate surface area is 100 Å². The van der Waals surface area contributed by atoms with Gasteiger partial charge in [0.1, 0.15) is 5.78 Å². The van der Waals surface area contributed by atoms with E-state index in [0.29, 0.717) is 12.0 Å². The van der Waals surface area contributed by atoms with Crippen molar-refractivity contribution >= 4 is 11.7 Å². The van der Waals surface area contributed by atoms with Crippen LogP contribution < -0.4 is 0 Å². The number of Topliss-reactive ketones (excluding diaryl/α,β-unsaturated/α-hetero) is 1. The molecule has 0 radical (unpaired) electrons. The number of amides is 1. The summed E-state index contributed by atoms with van der Waals surface area (Å²) in [6.07, 6.45) is 6.61. The van der Waals surface area contributed by atoms with Gasteiger partial charge in [-0.25, -0.2) is 0 Å². The second kappa shape index (κ2) is 5.12. The van der Waals surface area contributed by atoms with Crippen molar-refractivity contribution in [1.29, 1.82) is 0 Å². The van der Waals surface area contributed by atoms with Gasteiger partial charge in [0.15, 0.2) is 0 Å². The monoisotopic (exact) mass is 235 g/mol. The van der Waals surface area contributed by atoms with Crippen LogP contribution in [0.3, 0.4) is 0 Å². The van der Waals surface area contributed by atoms with Crippen LogP contribution in [0.2, 0.25) is 0 Å². The van der Waals surface area contributed by atoms with Crippen molar-refractivity contribution in [3.63, 3.8) is 0 Å². The summed E-state index contributed by atoms with van der Waals surface area (Å²) >= 11 is 0. The smallest absolute Gasteiger partial charge is 0.257 e. The lowest BCUT2D eigenvalue weighted by atomic mass is 9.97. The van der Waals surface area contributed by atoms with E-state index in [-0.39, 0.29) is 17.7 Å². The molecule has 0 bridgehead atoms. The van der Waals surface area contributed by atoms with Gasteiger partial charge in [0.2, 0.25) is 0 Å². The highest BCUT2D eigenvalue weighted by Gasteiger charge is 2.28. The van der Waals surface area contributed by atoms with E-state index in [0.717, 1.165) is 25.8 Å². The fraction of sp³-hybridized carbons (Fsp3) is 0.583. The van der Waals surface area contributed by atoms with E-state index < -0.39 is 0 Å². The van der Waals surface area contributed by atoms with E-state index in [1.54, 1.807) is 13.1 Å². The fourth-order valence-electron chi connectivity index (χ4n) is 2.35. The van der Waals surface area contributed by atoms with Crippen molar-refractivity contribution in [2.24, 2.45) is 0 Å². The molecule has 0 aromatic carbocycles. The Hall–Kier alpha value is -1.65. The van der Waals surface area contributed by atoms with Crippen molar-refractivity contribution in [3.8, 4) is 0 Å². The minimum Gasteiger partial charge on any atom is -0.335 e. The first-order valence-electron chi connectivity index (χ1n) is 5.97. The third-order valence-corrected chi connectivity index (χ3v) is 3.16. The fourth-order valence-corrected chi connectivity index (χ4v) is 2.35. The Morgan fingerprint density at radius 2 is 2.35 bits per heavy atom. The van der Waals surface area contributed by atoms with Gasteiger partial charge in [0.05, 0.1) is 11.8 Å². The van der Waals surface area contributed by atoms with Crippen LogP contribution >= 0.6 is 0 Å². The maximum Gasteiger partial charge on any atom is 0.257 e. The molecule has 1 atom stereocenters. The molecule has 2 rings (SSSR count). The molecule has 5 nitrogen and oxygen atoms in total. The van der Waals surface area contributed by atoms with Gasteiger partial charge >= 0.3 is 0 Å². The van der Waals surface area contributed by atoms with Gasteiger partial charge in [-0.1, -0.05) is 0 Å². The average Bonchev–Trinajstić information content (AvgIpc) is 2.81. The van der Waals surface area contributed by atoms with Gasteiger partial charge in [0, 0.05) is 25.2 Å². The number of nitrogens with zero attached hydrogens (tertiary/aromatic N) is 2. The van der Waals surface area contributed by atoms with Crippen molar-refractivity contribution < 1.29 is 9.59 Å². The van der Waals surface area contributed by atoms with Crippen molar-refractivity contribution in [2.75, 3.05) is 6.54 Å². The predicted molar refractivity (Wildman–Crippen MR) is 62.6 cm³/mol. The van der Waals surface area contributed by atoms with Crippen LogP contribution in [-0.4, -0.2) is 39.4 Å². The average molecular weight is 235 g/mol. The largest absolute Gasteiger partial charge is 0.335 e. The Balaban J connectivity index is 2.10. The molecule has 0 aliphatic carbocycles. The van der Waals surface area contributed by atoms with Crippen LogP contribution in [0.25, 0.3) is 0 Å². The lowest BCUT2D eigenvalue weighted by Crippen LogP contribution is -2.44. The zero-order chi connectivity index (χ0) is 12.3. The van der Waals surface area contributed by atoms with E-state index in [4.69, 9.17) is 0 Å². The van der Waals surface area contributed by atoms with Crippen LogP contribution in [-0.2, 0) is 4.79 Å². The van der Waals surface area contributed by atoms with Gasteiger partial charge in [-0.3, -0.25) is 14.7 Å². The van der Waals surface area contributed by atoms with E-state index in [1.807, 2.05) is 4.90 Å². The van der Waals surface area contributed by atoms with Gasteiger partial charge in [0.25, 0.3) is 5.91 Å². The molecular weight excluding hydrogens is 218 g/mol. The second-order valence-corrected chi connectivity index (χ2v) is 4.54.